The average molecular weight is 207 g/mol. The molecular formula is C11H7F2NO. The van der Waals surface area contributed by atoms with Crippen molar-refractivity contribution >= 4 is 0 Å². The highest BCUT2D eigenvalue weighted by atomic mass is 19.2. The van der Waals surface area contributed by atoms with Crippen molar-refractivity contribution in [3.8, 4) is 11.6 Å². The monoisotopic (exact) mass is 207 g/mol. The van der Waals surface area contributed by atoms with Crippen molar-refractivity contribution < 1.29 is 13.5 Å². The molecule has 0 bridgehead atoms. The fourth-order valence-corrected chi connectivity index (χ4v) is 1.08. The van der Waals surface area contributed by atoms with Gasteiger partial charge in [-0.25, -0.2) is 9.37 Å². The number of rotatable bonds is 2. The molecule has 0 atom stereocenters. The second-order valence-electron chi connectivity index (χ2n) is 2.82. The predicted octanol–water partition coefficient (Wildman–Crippen LogP) is 3.15. The molecule has 4 heteroatoms. The van der Waals surface area contributed by atoms with E-state index < -0.39 is 11.6 Å². The standard InChI is InChI=1S/C11H7F2NO/c12-8-4-3-5-9(11(8)13)15-10-6-1-2-7-14-10/h1-7H. The molecule has 0 N–H and O–H groups in total. The number of nitrogens with zero attached hydrogens (tertiary/aromatic N) is 1. The van der Waals surface area contributed by atoms with Crippen molar-refractivity contribution in [2.24, 2.45) is 0 Å². The first kappa shape index (κ1) is 9.58. The molecule has 1 aromatic heterocycles. The lowest BCUT2D eigenvalue weighted by molar-refractivity contribution is 0.405. The minimum atomic E-state index is -1.01. The normalized spacial score (nSPS) is 10.0. The van der Waals surface area contributed by atoms with Gasteiger partial charge in [-0.2, -0.15) is 4.39 Å². The highest BCUT2D eigenvalue weighted by Crippen LogP contribution is 2.23. The number of pyridine rings is 1. The summed E-state index contributed by atoms with van der Waals surface area (Å²) in [5.74, 6) is -1.90. The van der Waals surface area contributed by atoms with Crippen molar-refractivity contribution in [3.63, 3.8) is 0 Å². The van der Waals surface area contributed by atoms with Crippen LogP contribution in [0.25, 0.3) is 0 Å². The van der Waals surface area contributed by atoms with Gasteiger partial charge in [0.15, 0.2) is 11.6 Å². The van der Waals surface area contributed by atoms with E-state index in [0.29, 0.717) is 0 Å². The van der Waals surface area contributed by atoms with Crippen LogP contribution < -0.4 is 4.74 Å². The van der Waals surface area contributed by atoms with Crippen LogP contribution in [-0.2, 0) is 0 Å². The molecule has 1 aromatic carbocycles. The molecule has 2 nitrogen and oxygen atoms in total. The molecule has 76 valence electrons. The highest BCUT2D eigenvalue weighted by molar-refractivity contribution is 5.29. The van der Waals surface area contributed by atoms with E-state index in [1.165, 1.54) is 18.3 Å². The summed E-state index contributed by atoms with van der Waals surface area (Å²) in [7, 11) is 0. The number of aromatic nitrogens is 1. The van der Waals surface area contributed by atoms with Gasteiger partial charge >= 0.3 is 0 Å². The van der Waals surface area contributed by atoms with Crippen molar-refractivity contribution in [1.29, 1.82) is 0 Å². The summed E-state index contributed by atoms with van der Waals surface area (Å²) in [4.78, 5) is 3.83. The zero-order chi connectivity index (χ0) is 10.7. The lowest BCUT2D eigenvalue weighted by Crippen LogP contribution is -1.92. The van der Waals surface area contributed by atoms with E-state index >= 15 is 0 Å². The van der Waals surface area contributed by atoms with Crippen molar-refractivity contribution in [1.82, 2.24) is 4.98 Å². The van der Waals surface area contributed by atoms with Gasteiger partial charge in [-0.3, -0.25) is 0 Å². The number of ether oxygens (including phenoxy) is 1. The molecule has 2 rings (SSSR count). The maximum atomic E-state index is 13.2. The third kappa shape index (κ3) is 2.10. The fraction of sp³-hybridized carbons (Fsp3) is 0. The van der Waals surface area contributed by atoms with E-state index in [1.54, 1.807) is 18.2 Å². The number of halogens is 2. The Labute approximate surface area is 85.2 Å². The molecule has 0 saturated carbocycles. The van der Waals surface area contributed by atoms with Crippen LogP contribution in [0.4, 0.5) is 8.78 Å². The van der Waals surface area contributed by atoms with E-state index in [-0.39, 0.29) is 11.6 Å². The quantitative estimate of drug-likeness (QED) is 0.754. The smallest absolute Gasteiger partial charge is 0.219 e. The molecule has 0 spiro atoms. The van der Waals surface area contributed by atoms with Crippen molar-refractivity contribution in [2.45, 2.75) is 0 Å². The predicted molar refractivity (Wildman–Crippen MR) is 50.7 cm³/mol. The summed E-state index contributed by atoms with van der Waals surface area (Å²) in [5.41, 5.74) is 0. The molecule has 0 aliphatic rings. The Balaban J connectivity index is 2.29. The molecule has 0 saturated heterocycles. The molecule has 0 aliphatic carbocycles. The van der Waals surface area contributed by atoms with Crippen LogP contribution in [0.3, 0.4) is 0 Å². The van der Waals surface area contributed by atoms with Crippen LogP contribution in [0.2, 0.25) is 0 Å². The van der Waals surface area contributed by atoms with Crippen molar-refractivity contribution in [3.05, 3.63) is 54.2 Å². The van der Waals surface area contributed by atoms with Gasteiger partial charge in [-0.15, -0.1) is 0 Å². The van der Waals surface area contributed by atoms with E-state index in [1.807, 2.05) is 0 Å². The first-order chi connectivity index (χ1) is 7.27. The molecule has 1 heterocycles. The van der Waals surface area contributed by atoms with Gasteiger partial charge < -0.3 is 4.74 Å². The minimum Gasteiger partial charge on any atom is -0.436 e. The SMILES string of the molecule is Fc1cccc(Oc2ccccn2)c1F. The third-order valence-corrected chi connectivity index (χ3v) is 1.77. The van der Waals surface area contributed by atoms with Gasteiger partial charge in [-0.05, 0) is 18.2 Å². The average Bonchev–Trinajstić information content (AvgIpc) is 2.26. The largest absolute Gasteiger partial charge is 0.436 e. The highest BCUT2D eigenvalue weighted by Gasteiger charge is 2.09. The van der Waals surface area contributed by atoms with E-state index in [4.69, 9.17) is 4.74 Å². The summed E-state index contributed by atoms with van der Waals surface area (Å²) in [6.45, 7) is 0. The first-order valence-corrected chi connectivity index (χ1v) is 4.30. The maximum absolute atomic E-state index is 13.2. The Morgan fingerprint density at radius 3 is 2.60 bits per heavy atom. The second kappa shape index (κ2) is 4.04. The van der Waals surface area contributed by atoms with Gasteiger partial charge in [0.05, 0.1) is 0 Å². The number of hydrogen-bond acceptors (Lipinski definition) is 2. The molecular weight excluding hydrogens is 200 g/mol. The summed E-state index contributed by atoms with van der Waals surface area (Å²) >= 11 is 0. The van der Waals surface area contributed by atoms with Gasteiger partial charge in [0.25, 0.3) is 0 Å². The summed E-state index contributed by atoms with van der Waals surface area (Å²) in [5, 5.41) is 0. The Morgan fingerprint density at radius 2 is 1.87 bits per heavy atom. The molecule has 0 unspecified atom stereocenters. The number of benzene rings is 1. The van der Waals surface area contributed by atoms with Crippen molar-refractivity contribution in [2.75, 3.05) is 0 Å². The zero-order valence-corrected chi connectivity index (χ0v) is 7.65. The maximum Gasteiger partial charge on any atom is 0.219 e. The topological polar surface area (TPSA) is 22.1 Å². The van der Waals surface area contributed by atoms with Gasteiger partial charge in [0.1, 0.15) is 0 Å². The van der Waals surface area contributed by atoms with Gasteiger partial charge in [0.2, 0.25) is 11.7 Å². The Hall–Kier alpha value is -1.97. The molecule has 0 radical (unpaired) electrons. The third-order valence-electron chi connectivity index (χ3n) is 1.77. The van der Waals surface area contributed by atoms with E-state index in [0.717, 1.165) is 6.07 Å². The minimum absolute atomic E-state index is 0.172. The first-order valence-electron chi connectivity index (χ1n) is 4.30. The van der Waals surface area contributed by atoms with Crippen LogP contribution in [-0.4, -0.2) is 4.98 Å². The van der Waals surface area contributed by atoms with Crippen LogP contribution in [0.1, 0.15) is 0 Å². The van der Waals surface area contributed by atoms with Crippen LogP contribution >= 0.6 is 0 Å². The summed E-state index contributed by atoms with van der Waals surface area (Å²) < 4.78 is 31.0. The summed E-state index contributed by atoms with van der Waals surface area (Å²) in [6, 6.07) is 8.70. The van der Waals surface area contributed by atoms with Crippen LogP contribution in [0, 0.1) is 11.6 Å². The Morgan fingerprint density at radius 1 is 1.00 bits per heavy atom. The molecule has 2 aromatic rings. The van der Waals surface area contributed by atoms with Crippen LogP contribution in [0.15, 0.2) is 42.6 Å². The Kier molecular flexibility index (Phi) is 2.58. The number of hydrogen-bond donors (Lipinski definition) is 0. The molecule has 0 aliphatic heterocycles. The fourth-order valence-electron chi connectivity index (χ4n) is 1.08. The molecule has 0 fully saturated rings. The van der Waals surface area contributed by atoms with E-state index in [2.05, 4.69) is 4.98 Å². The lowest BCUT2D eigenvalue weighted by Gasteiger charge is -2.05. The lowest BCUT2D eigenvalue weighted by atomic mass is 10.3. The molecule has 15 heavy (non-hydrogen) atoms. The molecule has 0 amide bonds. The Bertz CT molecular complexity index is 459. The van der Waals surface area contributed by atoms with Gasteiger partial charge in [-0.1, -0.05) is 12.1 Å². The van der Waals surface area contributed by atoms with E-state index in [9.17, 15) is 8.78 Å². The van der Waals surface area contributed by atoms with Gasteiger partial charge in [0, 0.05) is 12.3 Å². The summed E-state index contributed by atoms with van der Waals surface area (Å²) in [6.07, 6.45) is 1.51. The zero-order valence-electron chi connectivity index (χ0n) is 7.65. The van der Waals surface area contributed by atoms with Crippen LogP contribution in [0.5, 0.6) is 11.6 Å². The second-order valence-corrected chi connectivity index (χ2v) is 2.82.